The number of carbonyl (C=O) groups excluding carboxylic acids is 2. The molecule has 2 aromatic carbocycles. The van der Waals surface area contributed by atoms with Gasteiger partial charge in [0, 0.05) is 38.2 Å². The molecule has 2 amide bonds. The number of likely N-dealkylation sites (tertiary alicyclic amines) is 1. The second-order valence-electron chi connectivity index (χ2n) is 11.9. The van der Waals surface area contributed by atoms with Crippen molar-refractivity contribution in [1.29, 1.82) is 0 Å². The summed E-state index contributed by atoms with van der Waals surface area (Å²) in [7, 11) is 1.31. The van der Waals surface area contributed by atoms with Crippen LogP contribution in [0, 0.1) is 11.6 Å². The summed E-state index contributed by atoms with van der Waals surface area (Å²) in [5, 5.41) is 0. The fourth-order valence-corrected chi connectivity index (χ4v) is 5.03. The zero-order valence-electron chi connectivity index (χ0n) is 23.9. The molecule has 2 aromatic rings. The lowest BCUT2D eigenvalue weighted by molar-refractivity contribution is -0.144. The molecule has 0 bridgehead atoms. The summed E-state index contributed by atoms with van der Waals surface area (Å²) < 4.78 is 115. The van der Waals surface area contributed by atoms with Crippen LogP contribution in [0.2, 0.25) is 0 Å². The lowest BCUT2D eigenvalue weighted by Crippen LogP contribution is -2.55. The van der Waals surface area contributed by atoms with E-state index in [0.29, 0.717) is 18.2 Å². The summed E-state index contributed by atoms with van der Waals surface area (Å²) in [6.07, 6.45) is -10.9. The van der Waals surface area contributed by atoms with E-state index in [9.17, 15) is 44.7 Å². The third kappa shape index (κ3) is 8.17. The number of rotatable bonds is 4. The molecule has 0 aliphatic carbocycles. The maximum atomic E-state index is 15.0. The summed E-state index contributed by atoms with van der Waals surface area (Å²) in [5.74, 6) is -3.56. The summed E-state index contributed by atoms with van der Waals surface area (Å²) in [4.78, 5) is 29.1. The van der Waals surface area contributed by atoms with E-state index in [1.54, 1.807) is 20.8 Å². The Hall–Kier alpha value is -3.38. The molecule has 43 heavy (non-hydrogen) atoms. The van der Waals surface area contributed by atoms with Gasteiger partial charge in [-0.1, -0.05) is 13.5 Å². The fraction of sp³-hybridized carbons (Fsp3) is 0.533. The van der Waals surface area contributed by atoms with E-state index >= 15 is 0 Å². The first-order valence-corrected chi connectivity index (χ1v) is 13.0. The molecule has 2 atom stereocenters. The molecule has 1 heterocycles. The molecular weight excluding hydrogens is 588 g/mol. The lowest BCUT2D eigenvalue weighted by atomic mass is 9.79. The minimum absolute atomic E-state index is 0. The number of alkyl halides is 6. The molecule has 0 saturated carbocycles. The predicted molar refractivity (Wildman–Crippen MR) is 144 cm³/mol. The van der Waals surface area contributed by atoms with Crippen molar-refractivity contribution >= 4 is 12.0 Å². The van der Waals surface area contributed by atoms with Crippen LogP contribution in [0.4, 0.5) is 39.9 Å². The number of piperidine rings is 1. The molecule has 1 saturated heterocycles. The number of hydrogen-bond acceptors (Lipinski definition) is 3. The van der Waals surface area contributed by atoms with Crippen LogP contribution in [-0.4, -0.2) is 53.6 Å². The Labute approximate surface area is 245 Å². The third-order valence-corrected chi connectivity index (χ3v) is 7.25. The molecule has 0 spiro atoms. The van der Waals surface area contributed by atoms with Gasteiger partial charge in [0.2, 0.25) is 5.91 Å². The van der Waals surface area contributed by atoms with E-state index in [4.69, 9.17) is 4.74 Å². The van der Waals surface area contributed by atoms with Gasteiger partial charge in [0.1, 0.15) is 17.2 Å². The monoisotopic (exact) mass is 624 g/mol. The summed E-state index contributed by atoms with van der Waals surface area (Å²) in [5.41, 5.74) is -6.39. The highest BCUT2D eigenvalue weighted by Crippen LogP contribution is 2.41. The van der Waals surface area contributed by atoms with Crippen LogP contribution in [0.25, 0.3) is 0 Å². The van der Waals surface area contributed by atoms with Crippen molar-refractivity contribution in [2.24, 2.45) is 0 Å². The molecular formula is C30H36F8N2O3. The van der Waals surface area contributed by atoms with Gasteiger partial charge in [-0.3, -0.25) is 4.79 Å². The SMILES string of the molecule is C.CN(C(=O)C(C)(C)c1cc(C(F)(F)F)cc(C(F)(F)F)c1)[C@H]1CCN(C(=O)OC(C)(C)C)C[C@@H]1c1ccc(F)cc1F. The Balaban J connectivity index is 0.00000645. The first-order chi connectivity index (χ1) is 19.0. The average Bonchev–Trinajstić information content (AvgIpc) is 2.85. The predicted octanol–water partition coefficient (Wildman–Crippen LogP) is 8.17. The summed E-state index contributed by atoms with van der Waals surface area (Å²) in [6, 6.07) is 2.96. The van der Waals surface area contributed by atoms with E-state index in [2.05, 4.69) is 0 Å². The zero-order chi connectivity index (χ0) is 32.0. The van der Waals surface area contributed by atoms with Crippen LogP contribution in [0.15, 0.2) is 36.4 Å². The molecule has 1 aliphatic rings. The Morgan fingerprint density at radius 3 is 1.84 bits per heavy atom. The molecule has 0 unspecified atom stereocenters. The number of hydrogen-bond donors (Lipinski definition) is 0. The number of ether oxygens (including phenoxy) is 1. The number of halogens is 8. The minimum atomic E-state index is -5.11. The molecule has 0 N–H and O–H groups in total. The van der Waals surface area contributed by atoms with E-state index in [0.717, 1.165) is 11.0 Å². The van der Waals surface area contributed by atoms with Crippen LogP contribution in [0.3, 0.4) is 0 Å². The fourth-order valence-electron chi connectivity index (χ4n) is 5.03. The van der Waals surface area contributed by atoms with Gasteiger partial charge in [0.15, 0.2) is 0 Å². The normalized spacial score (nSPS) is 18.1. The smallest absolute Gasteiger partial charge is 0.416 e. The van der Waals surface area contributed by atoms with Crippen LogP contribution in [-0.2, 0) is 27.3 Å². The summed E-state index contributed by atoms with van der Waals surface area (Å²) >= 11 is 0. The molecule has 240 valence electrons. The second-order valence-corrected chi connectivity index (χ2v) is 11.9. The van der Waals surface area contributed by atoms with Crippen molar-refractivity contribution in [3.8, 4) is 0 Å². The Morgan fingerprint density at radius 1 is 0.860 bits per heavy atom. The standard InChI is InChI=1S/C29H32F8N2O3.CH4/c1-26(2,3)42-25(41)39-10-9-23(21(15-39)20-8-7-19(30)14-22(20)31)38(6)24(40)27(4,5)16-11-17(28(32,33)34)13-18(12-16)29(35,36)37;/h7-8,11-14,21,23H,9-10,15H2,1-6H3;1H4/t21-,23+;/m1./s1. The summed E-state index contributed by atoms with van der Waals surface area (Å²) in [6.45, 7) is 7.26. The van der Waals surface area contributed by atoms with Gasteiger partial charge in [0.25, 0.3) is 0 Å². The number of nitrogens with zero attached hydrogens (tertiary/aromatic N) is 2. The van der Waals surface area contributed by atoms with Gasteiger partial charge in [0.05, 0.1) is 16.5 Å². The Kier molecular flexibility index (Phi) is 10.3. The maximum absolute atomic E-state index is 15.0. The van der Waals surface area contributed by atoms with E-state index in [-0.39, 0.29) is 38.6 Å². The van der Waals surface area contributed by atoms with Gasteiger partial charge >= 0.3 is 18.4 Å². The quantitative estimate of drug-likeness (QED) is 0.323. The largest absolute Gasteiger partial charge is 0.444 e. The van der Waals surface area contributed by atoms with E-state index in [1.807, 2.05) is 0 Å². The van der Waals surface area contributed by atoms with Gasteiger partial charge in [-0.2, -0.15) is 26.3 Å². The van der Waals surface area contributed by atoms with Crippen LogP contribution < -0.4 is 0 Å². The van der Waals surface area contributed by atoms with E-state index < -0.39 is 75.7 Å². The van der Waals surface area contributed by atoms with Crippen LogP contribution >= 0.6 is 0 Å². The topological polar surface area (TPSA) is 49.9 Å². The third-order valence-electron chi connectivity index (χ3n) is 7.25. The second kappa shape index (κ2) is 12.3. The number of amides is 2. The number of benzene rings is 2. The molecule has 0 aromatic heterocycles. The highest BCUT2D eigenvalue weighted by atomic mass is 19.4. The van der Waals surface area contributed by atoms with E-state index in [1.165, 1.54) is 31.9 Å². The van der Waals surface area contributed by atoms with Crippen molar-refractivity contribution in [2.75, 3.05) is 20.1 Å². The van der Waals surface area contributed by atoms with Gasteiger partial charge in [-0.05, 0) is 76.4 Å². The van der Waals surface area contributed by atoms with Gasteiger partial charge in [-0.25, -0.2) is 13.6 Å². The zero-order valence-corrected chi connectivity index (χ0v) is 23.9. The van der Waals surface area contributed by atoms with Gasteiger partial charge < -0.3 is 14.5 Å². The highest BCUT2D eigenvalue weighted by molar-refractivity contribution is 5.87. The van der Waals surface area contributed by atoms with Crippen molar-refractivity contribution in [3.05, 3.63) is 70.3 Å². The first kappa shape index (κ1) is 35.8. The van der Waals surface area contributed by atoms with Crippen molar-refractivity contribution in [3.63, 3.8) is 0 Å². The van der Waals surface area contributed by atoms with Crippen LogP contribution in [0.1, 0.15) is 76.6 Å². The molecule has 1 aliphatic heterocycles. The van der Waals surface area contributed by atoms with Crippen molar-refractivity contribution < 1.29 is 49.4 Å². The minimum Gasteiger partial charge on any atom is -0.444 e. The molecule has 13 heteroatoms. The first-order valence-electron chi connectivity index (χ1n) is 13.0. The average molecular weight is 625 g/mol. The van der Waals surface area contributed by atoms with Crippen LogP contribution in [0.5, 0.6) is 0 Å². The van der Waals surface area contributed by atoms with Gasteiger partial charge in [-0.15, -0.1) is 0 Å². The van der Waals surface area contributed by atoms with Crippen molar-refractivity contribution in [1.82, 2.24) is 9.80 Å². The van der Waals surface area contributed by atoms with Crippen molar-refractivity contribution in [2.45, 2.75) is 83.8 Å². The molecule has 0 radical (unpaired) electrons. The number of carbonyl (C=O) groups is 2. The maximum Gasteiger partial charge on any atom is 0.416 e. The number of likely N-dealkylation sites (N-methyl/N-ethyl adjacent to an activating group) is 1. The molecule has 5 nitrogen and oxygen atoms in total. The molecule has 3 rings (SSSR count). The Bertz CT molecular complexity index is 1300. The Morgan fingerprint density at radius 2 is 1.37 bits per heavy atom. The lowest BCUT2D eigenvalue weighted by Gasteiger charge is -2.45. The molecule has 1 fully saturated rings. The highest BCUT2D eigenvalue weighted by Gasteiger charge is 2.44.